The molecule has 0 bridgehead atoms. The number of carbonyl (C=O) groups is 1. The molecule has 1 saturated carbocycles. The van der Waals surface area contributed by atoms with Crippen LogP contribution >= 0.6 is 0 Å². The molecule has 1 aliphatic rings. The van der Waals surface area contributed by atoms with Crippen LogP contribution in [0.3, 0.4) is 0 Å². The van der Waals surface area contributed by atoms with Crippen molar-refractivity contribution in [2.75, 3.05) is 0 Å². The highest BCUT2D eigenvalue weighted by Gasteiger charge is 2.25. The molecule has 1 aromatic rings. The molecular formula is C13H18N2O. The summed E-state index contributed by atoms with van der Waals surface area (Å²) in [7, 11) is 0. The van der Waals surface area contributed by atoms with Crippen LogP contribution in [0, 0.1) is 0 Å². The van der Waals surface area contributed by atoms with E-state index in [-0.39, 0.29) is 11.9 Å². The zero-order valence-corrected chi connectivity index (χ0v) is 9.36. The molecule has 1 amide bonds. The minimum Gasteiger partial charge on any atom is -0.352 e. The molecular weight excluding hydrogens is 200 g/mol. The highest BCUT2D eigenvalue weighted by Crippen LogP contribution is 2.18. The molecule has 1 aromatic carbocycles. The monoisotopic (exact) mass is 218 g/mol. The molecule has 0 aromatic heterocycles. The van der Waals surface area contributed by atoms with E-state index in [1.807, 2.05) is 18.2 Å². The summed E-state index contributed by atoms with van der Waals surface area (Å²) in [6.07, 6.45) is 3.79. The lowest BCUT2D eigenvalue weighted by atomic mass is 10.1. The summed E-state index contributed by atoms with van der Waals surface area (Å²) in [4.78, 5) is 11.6. The Balaban J connectivity index is 1.74. The summed E-state index contributed by atoms with van der Waals surface area (Å²) in [6.45, 7) is 0. The molecule has 1 unspecified atom stereocenters. The van der Waals surface area contributed by atoms with Crippen molar-refractivity contribution in [2.45, 2.75) is 37.8 Å². The highest BCUT2D eigenvalue weighted by atomic mass is 16.2. The Hall–Kier alpha value is -1.35. The van der Waals surface area contributed by atoms with Gasteiger partial charge >= 0.3 is 0 Å². The van der Waals surface area contributed by atoms with Gasteiger partial charge in [-0.15, -0.1) is 0 Å². The van der Waals surface area contributed by atoms with Crippen molar-refractivity contribution >= 4 is 5.91 Å². The number of hydrogen-bond acceptors (Lipinski definition) is 2. The van der Waals surface area contributed by atoms with Gasteiger partial charge in [0.15, 0.2) is 0 Å². The van der Waals surface area contributed by atoms with Gasteiger partial charge in [0.1, 0.15) is 0 Å². The second-order valence-corrected chi connectivity index (χ2v) is 4.41. The minimum atomic E-state index is -0.374. The zero-order chi connectivity index (χ0) is 11.4. The molecule has 0 radical (unpaired) electrons. The Morgan fingerprint density at radius 2 is 2.06 bits per heavy atom. The molecule has 3 heteroatoms. The van der Waals surface area contributed by atoms with Crippen molar-refractivity contribution in [1.29, 1.82) is 0 Å². The molecule has 3 N–H and O–H groups in total. The topological polar surface area (TPSA) is 55.1 Å². The fourth-order valence-corrected chi connectivity index (χ4v) is 1.63. The molecule has 0 spiro atoms. The Kier molecular flexibility index (Phi) is 3.57. The molecule has 1 fully saturated rings. The minimum absolute atomic E-state index is 0.00145. The van der Waals surface area contributed by atoms with Crippen molar-refractivity contribution in [2.24, 2.45) is 5.73 Å². The largest absolute Gasteiger partial charge is 0.352 e. The van der Waals surface area contributed by atoms with Gasteiger partial charge in [-0.05, 0) is 31.2 Å². The molecule has 86 valence electrons. The van der Waals surface area contributed by atoms with Gasteiger partial charge in [-0.3, -0.25) is 4.79 Å². The van der Waals surface area contributed by atoms with Crippen molar-refractivity contribution in [3.8, 4) is 0 Å². The maximum atomic E-state index is 11.6. The quantitative estimate of drug-likeness (QED) is 0.781. The standard InChI is InChI=1S/C13H18N2O/c14-12(13(16)15-11-7-8-11)9-6-10-4-2-1-3-5-10/h1-5,11-12H,6-9,14H2,(H,15,16). The molecule has 1 aliphatic carbocycles. The molecule has 3 nitrogen and oxygen atoms in total. The van der Waals surface area contributed by atoms with Crippen LogP contribution in [-0.2, 0) is 11.2 Å². The van der Waals surface area contributed by atoms with Crippen molar-refractivity contribution in [3.05, 3.63) is 35.9 Å². The van der Waals surface area contributed by atoms with Crippen LogP contribution in [-0.4, -0.2) is 18.0 Å². The van der Waals surface area contributed by atoms with Crippen LogP contribution in [0.25, 0.3) is 0 Å². The summed E-state index contributed by atoms with van der Waals surface area (Å²) in [5.41, 5.74) is 7.06. The SMILES string of the molecule is NC(CCc1ccccc1)C(=O)NC1CC1. The van der Waals surface area contributed by atoms with Crippen LogP contribution in [0.1, 0.15) is 24.8 Å². The van der Waals surface area contributed by atoms with E-state index in [1.165, 1.54) is 5.56 Å². The molecule has 2 rings (SSSR count). The summed E-state index contributed by atoms with van der Waals surface area (Å²) in [5, 5.41) is 2.93. The Bertz CT molecular complexity index is 346. The number of aryl methyl sites for hydroxylation is 1. The maximum absolute atomic E-state index is 11.6. The van der Waals surface area contributed by atoms with E-state index in [0.29, 0.717) is 12.5 Å². The number of hydrogen-bond donors (Lipinski definition) is 2. The van der Waals surface area contributed by atoms with Gasteiger partial charge in [-0.1, -0.05) is 30.3 Å². The number of amides is 1. The number of benzene rings is 1. The van der Waals surface area contributed by atoms with E-state index in [4.69, 9.17) is 5.73 Å². The van der Waals surface area contributed by atoms with Crippen LogP contribution < -0.4 is 11.1 Å². The third-order valence-electron chi connectivity index (χ3n) is 2.85. The van der Waals surface area contributed by atoms with E-state index in [9.17, 15) is 4.79 Å². The Morgan fingerprint density at radius 1 is 1.38 bits per heavy atom. The number of nitrogens with two attached hydrogens (primary N) is 1. The number of nitrogens with one attached hydrogen (secondary N) is 1. The van der Waals surface area contributed by atoms with E-state index in [2.05, 4.69) is 17.4 Å². The highest BCUT2D eigenvalue weighted by molar-refractivity contribution is 5.82. The summed E-state index contributed by atoms with van der Waals surface area (Å²) in [5.74, 6) is -0.00145. The number of rotatable bonds is 5. The third kappa shape index (κ3) is 3.35. The zero-order valence-electron chi connectivity index (χ0n) is 9.36. The average Bonchev–Trinajstić information content (AvgIpc) is 3.11. The van der Waals surface area contributed by atoms with Crippen LogP contribution in [0.5, 0.6) is 0 Å². The van der Waals surface area contributed by atoms with Gasteiger partial charge in [0.05, 0.1) is 6.04 Å². The second-order valence-electron chi connectivity index (χ2n) is 4.41. The van der Waals surface area contributed by atoms with E-state index in [1.54, 1.807) is 0 Å². The summed E-state index contributed by atoms with van der Waals surface area (Å²) in [6, 6.07) is 10.1. The molecule has 0 aliphatic heterocycles. The van der Waals surface area contributed by atoms with Gasteiger partial charge in [-0.25, -0.2) is 0 Å². The summed E-state index contributed by atoms with van der Waals surface area (Å²) >= 11 is 0. The van der Waals surface area contributed by atoms with Crippen LogP contribution in [0.15, 0.2) is 30.3 Å². The lowest BCUT2D eigenvalue weighted by Gasteiger charge is -2.11. The average molecular weight is 218 g/mol. The molecule has 1 atom stereocenters. The second kappa shape index (κ2) is 5.12. The molecule has 0 heterocycles. The first-order chi connectivity index (χ1) is 7.75. The van der Waals surface area contributed by atoms with Gasteiger partial charge in [0.25, 0.3) is 0 Å². The van der Waals surface area contributed by atoms with Crippen molar-refractivity contribution in [1.82, 2.24) is 5.32 Å². The lowest BCUT2D eigenvalue weighted by molar-refractivity contribution is -0.122. The fraction of sp³-hybridized carbons (Fsp3) is 0.462. The maximum Gasteiger partial charge on any atom is 0.237 e. The van der Waals surface area contributed by atoms with Gasteiger partial charge in [-0.2, -0.15) is 0 Å². The first-order valence-electron chi connectivity index (χ1n) is 5.85. The lowest BCUT2D eigenvalue weighted by Crippen LogP contribution is -2.41. The van der Waals surface area contributed by atoms with Gasteiger partial charge in [0, 0.05) is 6.04 Å². The molecule has 16 heavy (non-hydrogen) atoms. The van der Waals surface area contributed by atoms with Crippen LogP contribution in [0.2, 0.25) is 0 Å². The predicted molar refractivity (Wildman–Crippen MR) is 63.9 cm³/mol. The first kappa shape index (κ1) is 11.1. The van der Waals surface area contributed by atoms with E-state index in [0.717, 1.165) is 19.3 Å². The van der Waals surface area contributed by atoms with Crippen molar-refractivity contribution in [3.63, 3.8) is 0 Å². The number of carbonyl (C=O) groups excluding carboxylic acids is 1. The Morgan fingerprint density at radius 3 is 2.69 bits per heavy atom. The van der Waals surface area contributed by atoms with Gasteiger partial charge in [0.2, 0.25) is 5.91 Å². The van der Waals surface area contributed by atoms with Crippen LogP contribution in [0.4, 0.5) is 0 Å². The first-order valence-corrected chi connectivity index (χ1v) is 5.85. The van der Waals surface area contributed by atoms with E-state index < -0.39 is 0 Å². The van der Waals surface area contributed by atoms with E-state index >= 15 is 0 Å². The van der Waals surface area contributed by atoms with Crippen molar-refractivity contribution < 1.29 is 4.79 Å². The Labute approximate surface area is 96.0 Å². The van der Waals surface area contributed by atoms with Gasteiger partial charge < -0.3 is 11.1 Å². The predicted octanol–water partition coefficient (Wildman–Crippen LogP) is 1.23. The summed E-state index contributed by atoms with van der Waals surface area (Å²) < 4.78 is 0. The molecule has 0 saturated heterocycles. The third-order valence-corrected chi connectivity index (χ3v) is 2.85. The normalized spacial score (nSPS) is 16.8. The smallest absolute Gasteiger partial charge is 0.237 e. The fourth-order valence-electron chi connectivity index (χ4n) is 1.63.